The van der Waals surface area contributed by atoms with Crippen LogP contribution in [0.3, 0.4) is 0 Å². The molecule has 1 spiro atoms. The van der Waals surface area contributed by atoms with Gasteiger partial charge in [0.25, 0.3) is 0 Å². The molecule has 4 aliphatic heterocycles. The standard InChI is InChI=1S/C30H36F3NO8/c1-27(2)7-4-9-29(42-27,15-23(35)38-16-30(31,32)33)26(36)41-25-22(37-3)14-28-8-5-10-34(28)11-6-18-12-20-21(40-17-39-20)13-19(18)24(25)28/h12-14,24-25H,4-11,15-17H2,1-3H3. The monoisotopic (exact) mass is 595 g/mol. The van der Waals surface area contributed by atoms with Crippen LogP contribution in [0.2, 0.25) is 0 Å². The van der Waals surface area contributed by atoms with Gasteiger partial charge in [0, 0.05) is 6.54 Å². The summed E-state index contributed by atoms with van der Waals surface area (Å²) >= 11 is 0. The lowest BCUT2D eigenvalue weighted by Crippen LogP contribution is -2.54. The normalized spacial score (nSPS) is 31.3. The fourth-order valence-electron chi connectivity index (χ4n) is 7.53. The van der Waals surface area contributed by atoms with Crippen LogP contribution in [0.5, 0.6) is 11.5 Å². The first-order valence-corrected chi connectivity index (χ1v) is 14.4. The number of carbonyl (C=O) groups is 2. The maximum atomic E-state index is 14.2. The second-order valence-electron chi connectivity index (χ2n) is 12.5. The average Bonchev–Trinajstić information content (AvgIpc) is 3.60. The van der Waals surface area contributed by atoms with Gasteiger partial charge in [0.1, 0.15) is 5.76 Å². The summed E-state index contributed by atoms with van der Waals surface area (Å²) in [6, 6.07) is 3.95. The van der Waals surface area contributed by atoms with E-state index in [9.17, 15) is 22.8 Å². The van der Waals surface area contributed by atoms with E-state index in [1.807, 2.05) is 12.1 Å². The zero-order valence-electron chi connectivity index (χ0n) is 24.0. The van der Waals surface area contributed by atoms with Crippen molar-refractivity contribution in [1.82, 2.24) is 4.90 Å². The number of ether oxygens (including phenoxy) is 6. The van der Waals surface area contributed by atoms with Gasteiger partial charge < -0.3 is 28.4 Å². The molecule has 9 nitrogen and oxygen atoms in total. The molecule has 0 radical (unpaired) electrons. The van der Waals surface area contributed by atoms with Gasteiger partial charge in [-0.15, -0.1) is 0 Å². The van der Waals surface area contributed by atoms with E-state index in [0.29, 0.717) is 30.1 Å². The van der Waals surface area contributed by atoms with Crippen LogP contribution in [-0.4, -0.2) is 79.5 Å². The minimum atomic E-state index is -4.69. The Labute approximate surface area is 242 Å². The van der Waals surface area contributed by atoms with Crippen molar-refractivity contribution in [2.24, 2.45) is 0 Å². The highest BCUT2D eigenvalue weighted by molar-refractivity contribution is 5.86. The lowest BCUT2D eigenvalue weighted by Gasteiger charge is -2.44. The largest absolute Gasteiger partial charge is 0.497 e. The SMILES string of the molecule is COC1=CC23CCCN2CCc2cc4c(cc2C3C1OC(=O)C1(CC(=O)OCC(F)(F)F)CCCC(C)(C)O1)OCO4. The average molecular weight is 596 g/mol. The quantitative estimate of drug-likeness (QED) is 0.439. The lowest BCUT2D eigenvalue weighted by molar-refractivity contribution is -0.220. The van der Waals surface area contributed by atoms with E-state index in [-0.39, 0.29) is 19.1 Å². The highest BCUT2D eigenvalue weighted by Crippen LogP contribution is 2.56. The van der Waals surface area contributed by atoms with Gasteiger partial charge in [-0.25, -0.2) is 4.79 Å². The summed E-state index contributed by atoms with van der Waals surface area (Å²) in [6.07, 6.45) is -0.424. The van der Waals surface area contributed by atoms with E-state index >= 15 is 0 Å². The molecule has 42 heavy (non-hydrogen) atoms. The van der Waals surface area contributed by atoms with Gasteiger partial charge in [-0.2, -0.15) is 13.2 Å². The predicted molar refractivity (Wildman–Crippen MR) is 141 cm³/mol. The van der Waals surface area contributed by atoms with E-state index in [4.69, 9.17) is 23.7 Å². The van der Waals surface area contributed by atoms with Crippen LogP contribution >= 0.6 is 0 Å². The number of fused-ring (bicyclic) bond motifs is 3. The van der Waals surface area contributed by atoms with Crippen molar-refractivity contribution in [2.45, 2.75) is 93.7 Å². The Morgan fingerprint density at radius 2 is 1.83 bits per heavy atom. The molecule has 5 aliphatic rings. The molecule has 4 heterocycles. The van der Waals surface area contributed by atoms with E-state index in [1.165, 1.54) is 7.11 Å². The molecule has 6 rings (SSSR count). The number of halogens is 3. The Morgan fingerprint density at radius 1 is 1.07 bits per heavy atom. The van der Waals surface area contributed by atoms with Gasteiger partial charge in [0.15, 0.2) is 29.8 Å². The Morgan fingerprint density at radius 3 is 2.55 bits per heavy atom. The fourth-order valence-corrected chi connectivity index (χ4v) is 7.53. The molecular weight excluding hydrogens is 559 g/mol. The summed E-state index contributed by atoms with van der Waals surface area (Å²) in [7, 11) is 1.53. The third-order valence-electron chi connectivity index (χ3n) is 9.23. The Balaban J connectivity index is 1.36. The van der Waals surface area contributed by atoms with E-state index < -0.39 is 54.0 Å². The first kappa shape index (κ1) is 29.1. The molecule has 4 unspecified atom stereocenters. The van der Waals surface area contributed by atoms with Crippen LogP contribution in [0.25, 0.3) is 0 Å². The summed E-state index contributed by atoms with van der Waals surface area (Å²) in [4.78, 5) is 29.2. The molecule has 12 heteroatoms. The molecule has 0 N–H and O–H groups in total. The van der Waals surface area contributed by atoms with Gasteiger partial charge in [-0.05, 0) is 88.3 Å². The predicted octanol–water partition coefficient (Wildman–Crippen LogP) is 4.56. The van der Waals surface area contributed by atoms with Gasteiger partial charge in [0.05, 0.1) is 30.6 Å². The lowest BCUT2D eigenvalue weighted by atomic mass is 9.77. The summed E-state index contributed by atoms with van der Waals surface area (Å²) in [6.45, 7) is 3.61. The number of benzene rings is 1. The van der Waals surface area contributed by atoms with Crippen LogP contribution in [0.15, 0.2) is 24.0 Å². The molecule has 1 aliphatic carbocycles. The van der Waals surface area contributed by atoms with Crippen molar-refractivity contribution >= 4 is 11.9 Å². The first-order chi connectivity index (χ1) is 19.8. The number of alkyl halides is 3. The molecule has 0 saturated carbocycles. The number of carbonyl (C=O) groups excluding carboxylic acids is 2. The number of rotatable bonds is 6. The summed E-state index contributed by atoms with van der Waals surface area (Å²) in [5, 5.41) is 0. The number of hydrogen-bond acceptors (Lipinski definition) is 9. The van der Waals surface area contributed by atoms with Crippen LogP contribution in [0, 0.1) is 0 Å². The third kappa shape index (κ3) is 5.10. The van der Waals surface area contributed by atoms with Crippen LogP contribution in [-0.2, 0) is 35.0 Å². The van der Waals surface area contributed by atoms with Crippen LogP contribution < -0.4 is 9.47 Å². The van der Waals surface area contributed by atoms with Crippen molar-refractivity contribution in [3.05, 3.63) is 35.1 Å². The minimum Gasteiger partial charge on any atom is -0.497 e. The van der Waals surface area contributed by atoms with Crippen LogP contribution in [0.1, 0.15) is 69.4 Å². The summed E-state index contributed by atoms with van der Waals surface area (Å²) in [5.41, 5.74) is -1.07. The Kier molecular flexibility index (Phi) is 7.15. The Bertz CT molecular complexity index is 1300. The number of esters is 2. The number of hydrogen-bond donors (Lipinski definition) is 0. The van der Waals surface area contributed by atoms with E-state index in [2.05, 4.69) is 15.7 Å². The van der Waals surface area contributed by atoms with Crippen molar-refractivity contribution < 1.29 is 51.2 Å². The van der Waals surface area contributed by atoms with Crippen LogP contribution in [0.4, 0.5) is 13.2 Å². The summed E-state index contributed by atoms with van der Waals surface area (Å²) < 4.78 is 72.6. The van der Waals surface area contributed by atoms with Crippen molar-refractivity contribution in [2.75, 3.05) is 33.6 Å². The molecule has 230 valence electrons. The smallest absolute Gasteiger partial charge is 0.422 e. The van der Waals surface area contributed by atoms with Crippen molar-refractivity contribution in [3.63, 3.8) is 0 Å². The molecule has 1 aromatic carbocycles. The van der Waals surface area contributed by atoms with Gasteiger partial charge >= 0.3 is 18.1 Å². The van der Waals surface area contributed by atoms with Crippen molar-refractivity contribution in [1.29, 1.82) is 0 Å². The maximum absolute atomic E-state index is 14.2. The summed E-state index contributed by atoms with van der Waals surface area (Å²) in [5.74, 6) is -0.576. The van der Waals surface area contributed by atoms with Crippen molar-refractivity contribution in [3.8, 4) is 11.5 Å². The molecule has 0 aromatic heterocycles. The highest BCUT2D eigenvalue weighted by atomic mass is 19.4. The van der Waals surface area contributed by atoms with E-state index in [1.54, 1.807) is 13.8 Å². The second kappa shape index (κ2) is 10.3. The third-order valence-corrected chi connectivity index (χ3v) is 9.23. The molecule has 1 aromatic rings. The topological polar surface area (TPSA) is 92.8 Å². The molecule has 4 atom stereocenters. The maximum Gasteiger partial charge on any atom is 0.422 e. The Hall–Kier alpha value is -2.99. The van der Waals surface area contributed by atoms with Gasteiger partial charge in [-0.3, -0.25) is 9.69 Å². The second-order valence-corrected chi connectivity index (χ2v) is 12.5. The first-order valence-electron chi connectivity index (χ1n) is 14.4. The number of nitrogens with zero attached hydrogens (tertiary/aromatic N) is 1. The van der Waals surface area contributed by atoms with Gasteiger partial charge in [-0.1, -0.05) is 0 Å². The molecule has 0 bridgehead atoms. The zero-order chi connectivity index (χ0) is 29.9. The fraction of sp³-hybridized carbons (Fsp3) is 0.667. The molecule has 2 saturated heterocycles. The highest BCUT2D eigenvalue weighted by Gasteiger charge is 2.60. The molecule has 2 fully saturated rings. The number of methoxy groups -OCH3 is 1. The van der Waals surface area contributed by atoms with E-state index in [0.717, 1.165) is 43.5 Å². The molecule has 0 amide bonds. The zero-order valence-corrected chi connectivity index (χ0v) is 24.0. The minimum absolute atomic E-state index is 0.104. The molecular formula is C30H36F3NO8. The van der Waals surface area contributed by atoms with Gasteiger partial charge in [0.2, 0.25) is 6.79 Å².